The van der Waals surface area contributed by atoms with Crippen LogP contribution in [0.5, 0.6) is 0 Å². The fourth-order valence-electron chi connectivity index (χ4n) is 6.25. The quantitative estimate of drug-likeness (QED) is 0.200. The second-order valence-electron chi connectivity index (χ2n) is 11.2. The van der Waals surface area contributed by atoms with E-state index in [0.29, 0.717) is 38.5 Å². The van der Waals surface area contributed by atoms with Crippen LogP contribution in [0, 0.1) is 28.9 Å². The number of rotatable bonds is 8. The zero-order valence-corrected chi connectivity index (χ0v) is 23.0. The van der Waals surface area contributed by atoms with Gasteiger partial charge in [-0.1, -0.05) is 12.1 Å². The second kappa shape index (κ2) is 10.5. The first-order chi connectivity index (χ1) is 21.5. The highest BCUT2D eigenvalue weighted by Crippen LogP contribution is 2.68. The number of carbonyl (C=O) groups is 1. The maximum Gasteiger partial charge on any atom is 0.293 e. The van der Waals surface area contributed by atoms with Gasteiger partial charge in [-0.25, -0.2) is 22.5 Å². The number of carbonyl (C=O) groups excluding carboxylic acids is 1. The fourth-order valence-corrected chi connectivity index (χ4v) is 6.25. The molecule has 7 rings (SSSR count). The number of aromatic amines is 1. The number of halogens is 6. The summed E-state index contributed by atoms with van der Waals surface area (Å²) in [5, 5.41) is 22.5. The Morgan fingerprint density at radius 2 is 1.84 bits per heavy atom. The SMILES string of the molecule is N#Cc1ccc(-c2cc3[nH]ncc3nc2C(Cc2cc(F)cc(F)c2)NC(=O)Cn2nc(C(F)F)c3c2C(F)(F)C2C[C@H]32)cc1. The van der Waals surface area contributed by atoms with Crippen LogP contribution in [0.4, 0.5) is 26.3 Å². The van der Waals surface area contributed by atoms with Crippen LogP contribution in [-0.2, 0) is 23.7 Å². The molecule has 45 heavy (non-hydrogen) atoms. The van der Waals surface area contributed by atoms with E-state index in [-0.39, 0.29) is 29.7 Å². The smallest absolute Gasteiger partial charge is 0.293 e. The third kappa shape index (κ3) is 4.98. The molecule has 0 saturated heterocycles. The van der Waals surface area contributed by atoms with E-state index < -0.39 is 65.7 Å². The van der Waals surface area contributed by atoms with Gasteiger partial charge in [0.15, 0.2) is 0 Å². The van der Waals surface area contributed by atoms with Gasteiger partial charge in [0.2, 0.25) is 5.91 Å². The van der Waals surface area contributed by atoms with Gasteiger partial charge >= 0.3 is 0 Å². The largest absolute Gasteiger partial charge is 0.346 e. The van der Waals surface area contributed by atoms with Crippen molar-refractivity contribution in [2.45, 2.75) is 43.7 Å². The van der Waals surface area contributed by atoms with Crippen LogP contribution >= 0.6 is 0 Å². The first-order valence-corrected chi connectivity index (χ1v) is 13.9. The molecule has 3 aromatic heterocycles. The summed E-state index contributed by atoms with van der Waals surface area (Å²) in [6.45, 7) is -0.807. The lowest BCUT2D eigenvalue weighted by atomic mass is 9.94. The van der Waals surface area contributed by atoms with Crippen molar-refractivity contribution >= 4 is 16.9 Å². The lowest BCUT2D eigenvalue weighted by Crippen LogP contribution is -2.35. The first-order valence-electron chi connectivity index (χ1n) is 13.9. The topological polar surface area (TPSA) is 112 Å². The number of fused-ring (bicyclic) bond motifs is 4. The van der Waals surface area contributed by atoms with Crippen molar-refractivity contribution < 1.29 is 31.1 Å². The van der Waals surface area contributed by atoms with E-state index in [2.05, 4.69) is 25.6 Å². The van der Waals surface area contributed by atoms with Crippen molar-refractivity contribution in [1.29, 1.82) is 5.26 Å². The van der Waals surface area contributed by atoms with Crippen molar-refractivity contribution in [3.63, 3.8) is 0 Å². The van der Waals surface area contributed by atoms with Crippen molar-refractivity contribution in [3.05, 3.63) is 100 Å². The number of hydrogen-bond acceptors (Lipinski definition) is 5. The number of nitriles is 1. The Bertz CT molecular complexity index is 1990. The first kappa shape index (κ1) is 28.6. The summed E-state index contributed by atoms with van der Waals surface area (Å²) < 4.78 is 86.8. The van der Waals surface area contributed by atoms with Gasteiger partial charge in [0.05, 0.1) is 35.1 Å². The normalized spacial score (nSPS) is 18.4. The molecule has 0 radical (unpaired) electrons. The number of pyridine rings is 1. The van der Waals surface area contributed by atoms with Gasteiger partial charge in [-0.05, 0) is 60.2 Å². The van der Waals surface area contributed by atoms with E-state index in [4.69, 9.17) is 0 Å². The summed E-state index contributed by atoms with van der Waals surface area (Å²) in [6.07, 6.45) is -1.77. The van der Waals surface area contributed by atoms with E-state index in [1.807, 2.05) is 6.07 Å². The van der Waals surface area contributed by atoms with Gasteiger partial charge in [0, 0.05) is 23.1 Å². The molecule has 3 heterocycles. The predicted molar refractivity (Wildman–Crippen MR) is 147 cm³/mol. The van der Waals surface area contributed by atoms with E-state index in [0.717, 1.165) is 12.1 Å². The molecular formula is C31H21F6N7O. The molecule has 3 atom stereocenters. The van der Waals surface area contributed by atoms with E-state index in [1.165, 1.54) is 6.20 Å². The molecule has 2 unspecified atom stereocenters. The zero-order chi connectivity index (χ0) is 31.6. The Hall–Kier alpha value is -5.19. The minimum absolute atomic E-state index is 0.0736. The second-order valence-corrected chi connectivity index (χ2v) is 11.2. The van der Waals surface area contributed by atoms with Crippen molar-refractivity contribution in [1.82, 2.24) is 30.3 Å². The van der Waals surface area contributed by atoms with Crippen molar-refractivity contribution in [3.8, 4) is 17.2 Å². The van der Waals surface area contributed by atoms with Crippen LogP contribution in [0.25, 0.3) is 22.2 Å². The lowest BCUT2D eigenvalue weighted by Gasteiger charge is -2.22. The van der Waals surface area contributed by atoms with Gasteiger partial charge in [-0.2, -0.15) is 24.2 Å². The third-order valence-electron chi connectivity index (χ3n) is 8.27. The van der Waals surface area contributed by atoms with Crippen LogP contribution in [0.1, 0.15) is 58.6 Å². The highest BCUT2D eigenvalue weighted by atomic mass is 19.3. The van der Waals surface area contributed by atoms with Gasteiger partial charge < -0.3 is 5.32 Å². The molecule has 0 aliphatic heterocycles. The minimum Gasteiger partial charge on any atom is -0.346 e. The molecule has 2 aromatic carbocycles. The molecule has 8 nitrogen and oxygen atoms in total. The van der Waals surface area contributed by atoms with E-state index in [1.54, 1.807) is 30.3 Å². The number of benzene rings is 2. The van der Waals surface area contributed by atoms with Gasteiger partial charge in [0.1, 0.15) is 35.1 Å². The Kier molecular flexibility index (Phi) is 6.65. The Morgan fingerprint density at radius 1 is 1.11 bits per heavy atom. The number of H-pyrrole nitrogens is 1. The van der Waals surface area contributed by atoms with Crippen molar-refractivity contribution in [2.24, 2.45) is 5.92 Å². The summed E-state index contributed by atoms with van der Waals surface area (Å²) in [4.78, 5) is 18.2. The highest BCUT2D eigenvalue weighted by Gasteiger charge is 2.67. The zero-order valence-electron chi connectivity index (χ0n) is 23.0. The summed E-state index contributed by atoms with van der Waals surface area (Å²) in [6, 6.07) is 12.0. The third-order valence-corrected chi connectivity index (χ3v) is 8.27. The predicted octanol–water partition coefficient (Wildman–Crippen LogP) is 6.22. The summed E-state index contributed by atoms with van der Waals surface area (Å²) in [7, 11) is 0. The van der Waals surface area contributed by atoms with Gasteiger partial charge in [-0.15, -0.1) is 0 Å². The molecule has 228 valence electrons. The number of aromatic nitrogens is 5. The van der Waals surface area contributed by atoms with Crippen molar-refractivity contribution in [2.75, 3.05) is 0 Å². The summed E-state index contributed by atoms with van der Waals surface area (Å²) >= 11 is 0. The highest BCUT2D eigenvalue weighted by molar-refractivity contribution is 5.83. The number of hydrogen-bond donors (Lipinski definition) is 2. The van der Waals surface area contributed by atoms with E-state index in [9.17, 15) is 27.6 Å². The van der Waals surface area contributed by atoms with Crippen LogP contribution in [0.2, 0.25) is 0 Å². The Morgan fingerprint density at radius 3 is 2.53 bits per heavy atom. The minimum atomic E-state index is -3.42. The summed E-state index contributed by atoms with van der Waals surface area (Å²) in [5.74, 6) is -7.82. The molecular weight excluding hydrogens is 600 g/mol. The Labute approximate surface area is 250 Å². The number of amides is 1. The molecule has 14 heteroatoms. The maximum absolute atomic E-state index is 15.1. The van der Waals surface area contributed by atoms with Crippen LogP contribution < -0.4 is 5.32 Å². The molecule has 0 bridgehead atoms. The van der Waals surface area contributed by atoms with Gasteiger partial charge in [-0.3, -0.25) is 14.6 Å². The molecule has 2 aliphatic carbocycles. The molecule has 1 amide bonds. The molecule has 1 saturated carbocycles. The summed E-state index contributed by atoms with van der Waals surface area (Å²) in [5.41, 5.74) is 1.15. The molecule has 5 aromatic rings. The number of nitrogens with one attached hydrogen (secondary N) is 2. The molecule has 1 fully saturated rings. The van der Waals surface area contributed by atoms with Crippen LogP contribution in [0.15, 0.2) is 54.7 Å². The molecule has 2 aliphatic rings. The van der Waals surface area contributed by atoms with Gasteiger partial charge in [0.25, 0.3) is 12.3 Å². The standard InChI is InChI=1S/C31H21F6N7O/c32-17-5-15(6-18(33)8-17)7-23(27-19(10-22-24(41-27)12-39-42-22)16-3-1-14(11-38)2-4-16)40-25(45)13-44-29-26(28(43-44)30(34)35)20-9-21(20)31(29,36)37/h1-6,8,10,12,20-21,23,30H,7,9,13H2,(H,39,42)(H,40,45)/t20-,21?,23?/m0/s1. The lowest BCUT2D eigenvalue weighted by molar-refractivity contribution is -0.123. The Balaban J connectivity index is 1.29. The monoisotopic (exact) mass is 621 g/mol. The van der Waals surface area contributed by atoms with Crippen LogP contribution in [-0.4, -0.2) is 30.9 Å². The number of nitrogens with zero attached hydrogens (tertiary/aromatic N) is 5. The molecule has 2 N–H and O–H groups in total. The average molecular weight is 622 g/mol. The van der Waals surface area contributed by atoms with E-state index >= 15 is 8.78 Å². The average Bonchev–Trinajstić information content (AvgIpc) is 3.40. The number of alkyl halides is 4. The fraction of sp³-hybridized carbons (Fsp3) is 0.258. The maximum atomic E-state index is 15.1. The van der Waals surface area contributed by atoms with Crippen LogP contribution in [0.3, 0.4) is 0 Å². The molecule has 0 spiro atoms.